The van der Waals surface area contributed by atoms with Crippen LogP contribution in [0, 0.1) is 22.7 Å². The number of carbonyl (C=O) groups excluding carboxylic acids is 2. The first-order valence-corrected chi connectivity index (χ1v) is 7.65. The summed E-state index contributed by atoms with van der Waals surface area (Å²) < 4.78 is 15.2. The Hall–Kier alpha value is -3.52. The van der Waals surface area contributed by atoms with Crippen LogP contribution < -0.4 is 9.47 Å². The number of hydrogen-bond donors (Lipinski definition) is 0. The molecule has 0 unspecified atom stereocenters. The minimum absolute atomic E-state index is 0.102. The third-order valence-corrected chi connectivity index (χ3v) is 3.21. The maximum absolute atomic E-state index is 11.7. The van der Waals surface area contributed by atoms with E-state index >= 15 is 0 Å². The van der Waals surface area contributed by atoms with Crippen LogP contribution in [0.4, 0.5) is 0 Å². The average Bonchev–Trinajstić information content (AvgIpc) is 2.66. The van der Waals surface area contributed by atoms with Crippen molar-refractivity contribution in [3.05, 3.63) is 29.8 Å². The molecule has 0 spiro atoms. The monoisotopic (exact) mass is 357 g/mol. The Kier molecular flexibility index (Phi) is 8.77. The molecule has 1 aromatic carbocycles. The van der Waals surface area contributed by atoms with Crippen molar-refractivity contribution in [2.24, 2.45) is 0 Å². The maximum atomic E-state index is 11.7. The molecule has 8 heteroatoms. The summed E-state index contributed by atoms with van der Waals surface area (Å²) in [7, 11) is 3.00. The van der Waals surface area contributed by atoms with Gasteiger partial charge in [0.1, 0.15) is 6.07 Å². The van der Waals surface area contributed by atoms with E-state index in [0.29, 0.717) is 17.1 Å². The zero-order valence-corrected chi connectivity index (χ0v) is 14.6. The summed E-state index contributed by atoms with van der Waals surface area (Å²) in [6, 6.07) is 8.73. The third kappa shape index (κ3) is 6.93. The van der Waals surface area contributed by atoms with Gasteiger partial charge in [0.2, 0.25) is 0 Å². The molecule has 0 N–H and O–H groups in total. The van der Waals surface area contributed by atoms with E-state index in [9.17, 15) is 9.59 Å². The molecule has 0 saturated carbocycles. The fraction of sp³-hybridized carbons (Fsp3) is 0.333. The fourth-order valence-electron chi connectivity index (χ4n) is 1.81. The number of likely N-dealkylation sites (N-methyl/N-ethyl adjacent to an activating group) is 1. The standard InChI is InChI=1S/C18H19N3O5/c1-21(10-3-8-19)17(22)13-26-18(23)7-5-14-4-6-15(25-11-9-20)16(12-14)24-2/h4-7,12H,3,10-11,13H2,1-2H3/b7-5+. The van der Waals surface area contributed by atoms with Crippen molar-refractivity contribution in [2.75, 3.05) is 33.9 Å². The molecular formula is C18H19N3O5. The minimum atomic E-state index is -0.671. The van der Waals surface area contributed by atoms with E-state index in [1.54, 1.807) is 18.2 Å². The highest BCUT2D eigenvalue weighted by Gasteiger charge is 2.10. The highest BCUT2D eigenvalue weighted by Crippen LogP contribution is 2.28. The maximum Gasteiger partial charge on any atom is 0.331 e. The Morgan fingerprint density at radius 2 is 2.00 bits per heavy atom. The molecule has 0 bridgehead atoms. The number of esters is 1. The van der Waals surface area contributed by atoms with Crippen LogP contribution in [0.25, 0.3) is 6.08 Å². The first-order valence-electron chi connectivity index (χ1n) is 7.65. The summed E-state index contributed by atoms with van der Waals surface area (Å²) in [6.45, 7) is -0.215. The van der Waals surface area contributed by atoms with Crippen LogP contribution in [0.15, 0.2) is 24.3 Å². The van der Waals surface area contributed by atoms with Crippen LogP contribution in [0.3, 0.4) is 0 Å². The van der Waals surface area contributed by atoms with E-state index in [0.717, 1.165) is 0 Å². The van der Waals surface area contributed by atoms with Crippen LogP contribution in [-0.4, -0.2) is 50.7 Å². The molecule has 0 heterocycles. The largest absolute Gasteiger partial charge is 0.493 e. The molecule has 0 radical (unpaired) electrons. The van der Waals surface area contributed by atoms with E-state index in [2.05, 4.69) is 0 Å². The van der Waals surface area contributed by atoms with Crippen LogP contribution in [0.5, 0.6) is 11.5 Å². The summed E-state index contributed by atoms with van der Waals surface area (Å²) in [5, 5.41) is 17.0. The van der Waals surface area contributed by atoms with Crippen molar-refractivity contribution in [3.63, 3.8) is 0 Å². The van der Waals surface area contributed by atoms with Gasteiger partial charge in [0, 0.05) is 19.7 Å². The molecule has 1 aromatic rings. The normalized spacial score (nSPS) is 9.85. The Morgan fingerprint density at radius 3 is 2.65 bits per heavy atom. The lowest BCUT2D eigenvalue weighted by molar-refractivity contribution is -0.147. The molecule has 136 valence electrons. The smallest absolute Gasteiger partial charge is 0.331 e. The number of ether oxygens (including phenoxy) is 3. The molecule has 8 nitrogen and oxygen atoms in total. The lowest BCUT2D eigenvalue weighted by atomic mass is 10.2. The number of rotatable bonds is 9. The van der Waals surface area contributed by atoms with Crippen LogP contribution in [0.2, 0.25) is 0 Å². The van der Waals surface area contributed by atoms with E-state index in [1.807, 2.05) is 12.1 Å². The lowest BCUT2D eigenvalue weighted by Gasteiger charge is -2.14. The van der Waals surface area contributed by atoms with Gasteiger partial charge in [-0.3, -0.25) is 4.79 Å². The quantitative estimate of drug-likeness (QED) is 0.486. The third-order valence-electron chi connectivity index (χ3n) is 3.21. The van der Waals surface area contributed by atoms with Crippen LogP contribution in [0.1, 0.15) is 12.0 Å². The minimum Gasteiger partial charge on any atom is -0.493 e. The molecule has 1 rings (SSSR count). The zero-order chi connectivity index (χ0) is 19.4. The molecule has 0 saturated heterocycles. The topological polar surface area (TPSA) is 113 Å². The van der Waals surface area contributed by atoms with Crippen LogP contribution in [-0.2, 0) is 14.3 Å². The van der Waals surface area contributed by atoms with Crippen molar-refractivity contribution < 1.29 is 23.8 Å². The molecule has 0 fully saturated rings. The van der Waals surface area contributed by atoms with E-state index in [1.165, 1.54) is 31.2 Å². The number of amides is 1. The predicted molar refractivity (Wildman–Crippen MR) is 92.0 cm³/mol. The van der Waals surface area contributed by atoms with Crippen molar-refractivity contribution in [1.82, 2.24) is 4.90 Å². The van der Waals surface area contributed by atoms with Crippen LogP contribution >= 0.6 is 0 Å². The van der Waals surface area contributed by atoms with E-state index in [-0.39, 0.29) is 25.5 Å². The molecular weight excluding hydrogens is 338 g/mol. The molecule has 1 amide bonds. The van der Waals surface area contributed by atoms with Crippen molar-refractivity contribution in [2.45, 2.75) is 6.42 Å². The molecule has 0 aliphatic heterocycles. The number of nitrogens with zero attached hydrogens (tertiary/aromatic N) is 3. The summed E-state index contributed by atoms with van der Waals surface area (Å²) in [5.41, 5.74) is 0.653. The first kappa shape index (κ1) is 20.5. The average molecular weight is 357 g/mol. The molecule has 26 heavy (non-hydrogen) atoms. The van der Waals surface area contributed by atoms with Gasteiger partial charge in [-0.1, -0.05) is 6.07 Å². The number of nitriles is 2. The van der Waals surface area contributed by atoms with Crippen molar-refractivity contribution in [1.29, 1.82) is 10.5 Å². The fourth-order valence-corrected chi connectivity index (χ4v) is 1.81. The molecule has 0 aromatic heterocycles. The molecule has 0 atom stereocenters. The van der Waals surface area contributed by atoms with Gasteiger partial charge in [-0.05, 0) is 23.8 Å². The SMILES string of the molecule is COc1cc(/C=C/C(=O)OCC(=O)N(C)CCC#N)ccc1OCC#N. The predicted octanol–water partition coefficient (Wildman–Crippen LogP) is 1.53. The number of benzene rings is 1. The van der Waals surface area contributed by atoms with Gasteiger partial charge in [0.15, 0.2) is 24.7 Å². The van der Waals surface area contributed by atoms with Gasteiger partial charge in [-0.25, -0.2) is 4.79 Å². The first-order chi connectivity index (χ1) is 12.5. The summed E-state index contributed by atoms with van der Waals surface area (Å²) >= 11 is 0. The molecule has 0 aliphatic rings. The van der Waals surface area contributed by atoms with Gasteiger partial charge in [0.25, 0.3) is 5.91 Å². The van der Waals surface area contributed by atoms with E-state index in [4.69, 9.17) is 24.7 Å². The van der Waals surface area contributed by atoms with Gasteiger partial charge in [0.05, 0.1) is 19.6 Å². The Morgan fingerprint density at radius 1 is 1.23 bits per heavy atom. The summed E-state index contributed by atoms with van der Waals surface area (Å²) in [4.78, 5) is 24.7. The summed E-state index contributed by atoms with van der Waals surface area (Å²) in [5.74, 6) is -0.219. The van der Waals surface area contributed by atoms with Crippen molar-refractivity contribution in [3.8, 4) is 23.6 Å². The van der Waals surface area contributed by atoms with Gasteiger partial charge in [-0.15, -0.1) is 0 Å². The number of methoxy groups -OCH3 is 1. The number of carbonyl (C=O) groups is 2. The molecule has 0 aliphatic carbocycles. The van der Waals surface area contributed by atoms with Gasteiger partial charge in [-0.2, -0.15) is 10.5 Å². The highest BCUT2D eigenvalue weighted by molar-refractivity contribution is 5.89. The van der Waals surface area contributed by atoms with Crippen molar-refractivity contribution >= 4 is 18.0 Å². The van der Waals surface area contributed by atoms with E-state index < -0.39 is 12.6 Å². The van der Waals surface area contributed by atoms with Gasteiger partial charge >= 0.3 is 5.97 Å². The number of hydrogen-bond acceptors (Lipinski definition) is 7. The second kappa shape index (κ2) is 11.1. The Balaban J connectivity index is 2.59. The lowest BCUT2D eigenvalue weighted by Crippen LogP contribution is -2.31. The second-order valence-corrected chi connectivity index (χ2v) is 5.02. The zero-order valence-electron chi connectivity index (χ0n) is 14.6. The van der Waals surface area contributed by atoms with Gasteiger partial charge < -0.3 is 19.1 Å². The Bertz CT molecular complexity index is 746. The Labute approximate surface area is 151 Å². The highest BCUT2D eigenvalue weighted by atomic mass is 16.5. The summed E-state index contributed by atoms with van der Waals surface area (Å²) in [6.07, 6.45) is 2.90. The second-order valence-electron chi connectivity index (χ2n) is 5.02.